The van der Waals surface area contributed by atoms with Gasteiger partial charge in [0.05, 0.1) is 74.3 Å². The topological polar surface area (TPSA) is 491 Å². The average Bonchev–Trinajstić information content (AvgIpc) is 0.761. The molecule has 11 N–H and O–H groups in total. The van der Waals surface area contributed by atoms with Crippen LogP contribution in [-0.2, 0) is 114 Å². The largest absolute Gasteiger partial charge is 0.456 e. The maximum Gasteiger partial charge on any atom is 0.309 e. The summed E-state index contributed by atoms with van der Waals surface area (Å²) in [7, 11) is 0. The molecule has 0 aromatic carbocycles. The van der Waals surface area contributed by atoms with E-state index >= 15 is 0 Å². The molecule has 7 aliphatic rings. The molecule has 7 fully saturated rings. The van der Waals surface area contributed by atoms with Crippen molar-refractivity contribution in [3.05, 3.63) is 0 Å². The Balaban J connectivity index is 1.42. The van der Waals surface area contributed by atoms with Crippen LogP contribution in [0, 0.1) is 29.6 Å². The van der Waals surface area contributed by atoms with Gasteiger partial charge >= 0.3 is 35.8 Å². The van der Waals surface area contributed by atoms with E-state index in [0.29, 0.717) is 51.4 Å². The molecule has 36 atom stereocenters. The molecule has 112 heavy (non-hydrogen) atoms. The Morgan fingerprint density at radius 3 is 1.44 bits per heavy atom. The lowest BCUT2D eigenvalue weighted by Gasteiger charge is -2.52. The number of aliphatic hydroxyl groups excluding tert-OH is 11. The van der Waals surface area contributed by atoms with Crippen LogP contribution >= 0.6 is 0 Å². The SMILES string of the molecule is CCCCC[C@@H]1CCCCCCCCCC(=O)O[C@H]2[C@H](OC[C@H]3O[C@@H](O[C@H]4[C@H](O)[C@@H](CO)O[C@@H](O[C@H]5[C@H](O1)O[C@H](C)[C@@H](O)[C@@H]5O)[C@@H]4O[C@@H]1O[C@@H](C)[C@H](OC(=O)[C@@H](C)CC)[C@@H](O[C@@H]4O[C@H](CO)[C@@H](OC(=O)[C@@H](C)CC)[C@H](O)[C@H]4O)[C@H]1OC(=O)[C@@H](C)CC)[C@H](O)[C@@H](OC(=O)[C@@H](C)CC)[C@@H]3O)O[C@H](CO)[C@@H](OC(=O)[C@@H](C)CC)[C@@H]2O. The first-order valence-electron chi connectivity index (χ1n) is 40.7. The molecule has 7 saturated heterocycles. The zero-order chi connectivity index (χ0) is 82.5. The van der Waals surface area contributed by atoms with E-state index in [2.05, 4.69) is 0 Å². The van der Waals surface area contributed by atoms with Crippen LogP contribution in [0.3, 0.4) is 0 Å². The third kappa shape index (κ3) is 24.5. The van der Waals surface area contributed by atoms with Gasteiger partial charge in [-0.2, -0.15) is 0 Å². The van der Waals surface area contributed by atoms with Crippen molar-refractivity contribution in [2.45, 2.75) is 396 Å². The van der Waals surface area contributed by atoms with Crippen LogP contribution in [0.4, 0.5) is 0 Å². The molecule has 35 heteroatoms. The molecule has 0 aliphatic carbocycles. The minimum absolute atomic E-state index is 0.147. The predicted octanol–water partition coefficient (Wildman–Crippen LogP) is 1.99. The number of aliphatic hydroxyl groups is 11. The van der Waals surface area contributed by atoms with Gasteiger partial charge in [0.15, 0.2) is 74.4 Å². The van der Waals surface area contributed by atoms with Gasteiger partial charge < -0.3 is 141 Å². The fourth-order valence-electron chi connectivity index (χ4n) is 14.0. The highest BCUT2D eigenvalue weighted by Gasteiger charge is 2.61. The van der Waals surface area contributed by atoms with E-state index in [0.717, 1.165) is 38.5 Å². The predicted molar refractivity (Wildman–Crippen MR) is 385 cm³/mol. The molecule has 7 heterocycles. The Labute approximate surface area is 655 Å². The maximum atomic E-state index is 14.7. The molecule has 0 aromatic rings. The van der Waals surface area contributed by atoms with Crippen molar-refractivity contribution < 1.29 is 170 Å². The van der Waals surface area contributed by atoms with Crippen LogP contribution in [0.1, 0.15) is 206 Å². The standard InChI is InChI=1S/C77H130O35/c1-14-20-26-29-43-30-27-24-22-21-23-25-28-31-48(81)103-63-55(88)59(106-69(92)38(9)17-4)46(34-80)101-74(63)95-35-47-51(84)60(107-70(93)39(10)18-5)56(89)73(102-47)109-61-50(83)44(32-78)99-77(110-62-52(85)49(82)41(12)96-75(62)98-43)65(61)112-76-66(108-71(94)40(11)19-6)64(57(42(13)97-76)104-67(90)36(7)15-2)111-72-54(87)53(86)58(45(33-79)100-72)105-68(91)37(8)16-3/h36-47,49-66,72-80,82-89H,14-35H2,1-13H3/t36-,37-,38-,39-,40-,41+,42-,43+,44+,45+,46+,47+,49+,50+,51+,52-,53+,54+,55-,56+,57-,58+,59+,60-,61-,62+,63+,64+,65+,66+,72-,73-,74+,75-,76-,77-/m0/s1. The van der Waals surface area contributed by atoms with Crippen molar-refractivity contribution in [3.8, 4) is 0 Å². The normalized spacial score (nSPS) is 40.5. The monoisotopic (exact) mass is 1610 g/mol. The van der Waals surface area contributed by atoms with Crippen molar-refractivity contribution in [2.24, 2.45) is 29.6 Å². The summed E-state index contributed by atoms with van der Waals surface area (Å²) in [6, 6.07) is 0. The first-order valence-corrected chi connectivity index (χ1v) is 40.7. The minimum Gasteiger partial charge on any atom is -0.456 e. The van der Waals surface area contributed by atoms with Gasteiger partial charge in [-0.05, 0) is 65.2 Å². The van der Waals surface area contributed by atoms with Gasteiger partial charge in [-0.15, -0.1) is 0 Å². The number of fused-ring (bicyclic) bond motifs is 6. The lowest BCUT2D eigenvalue weighted by molar-refractivity contribution is -0.414. The Bertz CT molecular complexity index is 2840. The van der Waals surface area contributed by atoms with Crippen LogP contribution in [-0.4, -0.2) is 309 Å². The Morgan fingerprint density at radius 2 is 0.884 bits per heavy atom. The van der Waals surface area contributed by atoms with Gasteiger partial charge in [-0.25, -0.2) is 0 Å². The lowest BCUT2D eigenvalue weighted by Crippen LogP contribution is -2.69. The van der Waals surface area contributed by atoms with Crippen LogP contribution in [0.5, 0.6) is 0 Å². The van der Waals surface area contributed by atoms with Crippen molar-refractivity contribution >= 4 is 35.8 Å². The first kappa shape index (κ1) is 95.0. The summed E-state index contributed by atoms with van der Waals surface area (Å²) < 4.78 is 114. The third-order valence-electron chi connectivity index (χ3n) is 22.6. The summed E-state index contributed by atoms with van der Waals surface area (Å²) in [6.07, 6.45) is -48.4. The fourth-order valence-corrected chi connectivity index (χ4v) is 14.0. The summed E-state index contributed by atoms with van der Waals surface area (Å²) in [6.45, 7) is 17.3. The quantitative estimate of drug-likeness (QED) is 0.0335. The highest BCUT2D eigenvalue weighted by Crippen LogP contribution is 2.41. The molecule has 0 unspecified atom stereocenters. The van der Waals surface area contributed by atoms with E-state index in [1.807, 2.05) is 6.92 Å². The van der Waals surface area contributed by atoms with Gasteiger partial charge in [0.2, 0.25) is 0 Å². The minimum atomic E-state index is -2.29. The van der Waals surface area contributed by atoms with Crippen LogP contribution in [0.25, 0.3) is 0 Å². The highest BCUT2D eigenvalue weighted by molar-refractivity contribution is 5.74. The molecule has 0 aromatic heterocycles. The zero-order valence-corrected chi connectivity index (χ0v) is 67.1. The summed E-state index contributed by atoms with van der Waals surface area (Å²) in [5.74, 6) is -9.12. The molecule has 4 bridgehead atoms. The van der Waals surface area contributed by atoms with Crippen LogP contribution < -0.4 is 0 Å². The molecule has 648 valence electrons. The zero-order valence-electron chi connectivity index (χ0n) is 67.1. The molecule has 0 saturated carbocycles. The molecular formula is C77H130O35. The van der Waals surface area contributed by atoms with Crippen molar-refractivity contribution in [1.82, 2.24) is 0 Å². The number of hydrogen-bond donors (Lipinski definition) is 11. The number of unbranched alkanes of at least 4 members (excludes halogenated alkanes) is 2. The molecular weight excluding hydrogens is 1480 g/mol. The highest BCUT2D eigenvalue weighted by atomic mass is 16.8. The first-order chi connectivity index (χ1) is 53.3. The number of hydrogen-bond acceptors (Lipinski definition) is 35. The average molecular weight is 1620 g/mol. The van der Waals surface area contributed by atoms with E-state index in [1.165, 1.54) is 27.7 Å². The van der Waals surface area contributed by atoms with Crippen LogP contribution in [0.2, 0.25) is 0 Å². The number of esters is 6. The number of carbonyl (C=O) groups is 6. The number of carbonyl (C=O) groups excluding carboxylic acids is 6. The van der Waals surface area contributed by atoms with Gasteiger partial charge in [0, 0.05) is 6.42 Å². The Kier molecular flexibility index (Phi) is 38.8. The second-order valence-corrected chi connectivity index (χ2v) is 31.1. The molecule has 7 rings (SSSR count). The third-order valence-corrected chi connectivity index (χ3v) is 22.6. The van der Waals surface area contributed by atoms with E-state index in [-0.39, 0.29) is 25.7 Å². The molecule has 7 aliphatic heterocycles. The summed E-state index contributed by atoms with van der Waals surface area (Å²) >= 11 is 0. The van der Waals surface area contributed by atoms with Gasteiger partial charge in [0.25, 0.3) is 0 Å². The lowest BCUT2D eigenvalue weighted by atomic mass is 9.94. The smallest absolute Gasteiger partial charge is 0.309 e. The van der Waals surface area contributed by atoms with Crippen molar-refractivity contribution in [3.63, 3.8) is 0 Å². The maximum absolute atomic E-state index is 14.7. The van der Waals surface area contributed by atoms with Crippen molar-refractivity contribution in [1.29, 1.82) is 0 Å². The van der Waals surface area contributed by atoms with Gasteiger partial charge in [0.1, 0.15) is 97.7 Å². The molecule has 0 amide bonds. The Hall–Kier alpha value is -4.10. The fraction of sp³-hybridized carbons (Fsp3) is 0.922. The Morgan fingerprint density at radius 1 is 0.393 bits per heavy atom. The molecule has 0 radical (unpaired) electrons. The summed E-state index contributed by atoms with van der Waals surface area (Å²) in [5.41, 5.74) is 0. The molecule has 0 spiro atoms. The number of rotatable bonds is 26. The van der Waals surface area contributed by atoms with E-state index < -0.39 is 282 Å². The second kappa shape index (κ2) is 45.7. The van der Waals surface area contributed by atoms with Gasteiger partial charge in [-0.3, -0.25) is 28.8 Å². The molecule has 35 nitrogen and oxygen atoms in total. The van der Waals surface area contributed by atoms with E-state index in [4.69, 9.17) is 85.3 Å². The van der Waals surface area contributed by atoms with Crippen LogP contribution in [0.15, 0.2) is 0 Å². The number of ether oxygens (including phenoxy) is 18. The van der Waals surface area contributed by atoms with Crippen molar-refractivity contribution in [2.75, 3.05) is 26.4 Å². The summed E-state index contributed by atoms with van der Waals surface area (Å²) in [5, 5.41) is 131. The second-order valence-electron chi connectivity index (χ2n) is 31.1. The van der Waals surface area contributed by atoms with Gasteiger partial charge in [-0.1, -0.05) is 134 Å². The van der Waals surface area contributed by atoms with E-state index in [1.54, 1.807) is 55.4 Å². The van der Waals surface area contributed by atoms with E-state index in [9.17, 15) is 84.9 Å². The summed E-state index contributed by atoms with van der Waals surface area (Å²) in [4.78, 5) is 83.2.